The number of aryl methyl sites for hydroxylation is 1. The molecule has 1 heterocycles. The quantitative estimate of drug-likeness (QED) is 0.442. The maximum absolute atomic E-state index is 13.0. The van der Waals surface area contributed by atoms with Gasteiger partial charge in [0, 0.05) is 5.56 Å². The molecule has 0 radical (unpaired) electrons. The zero-order valence-corrected chi connectivity index (χ0v) is 22.0. The monoisotopic (exact) mass is 505 g/mol. The van der Waals surface area contributed by atoms with E-state index >= 15 is 0 Å². The van der Waals surface area contributed by atoms with Crippen molar-refractivity contribution in [1.29, 1.82) is 0 Å². The van der Waals surface area contributed by atoms with E-state index in [1.54, 1.807) is 4.90 Å². The van der Waals surface area contributed by atoms with Crippen LogP contribution in [0.25, 0.3) is 5.57 Å². The van der Waals surface area contributed by atoms with E-state index in [0.29, 0.717) is 13.2 Å². The van der Waals surface area contributed by atoms with Gasteiger partial charge < -0.3 is 19.3 Å². The van der Waals surface area contributed by atoms with Gasteiger partial charge in [-0.25, -0.2) is 4.79 Å². The fourth-order valence-corrected chi connectivity index (χ4v) is 4.65. The Kier molecular flexibility index (Phi) is 8.21. The number of carboxylic acid groups (broad SMARTS) is 1. The predicted molar refractivity (Wildman–Crippen MR) is 141 cm³/mol. The highest BCUT2D eigenvalue weighted by Gasteiger charge is 2.30. The largest absolute Gasteiger partial charge is 0.494 e. The molecule has 0 spiro atoms. The lowest BCUT2D eigenvalue weighted by Crippen LogP contribution is -2.44. The van der Waals surface area contributed by atoms with Gasteiger partial charge in [-0.1, -0.05) is 38.1 Å². The lowest BCUT2D eigenvalue weighted by Gasteiger charge is -2.34. The summed E-state index contributed by atoms with van der Waals surface area (Å²) in [5, 5.41) is 9.19. The van der Waals surface area contributed by atoms with Gasteiger partial charge in [0.15, 0.2) is 6.23 Å². The number of benzene rings is 2. The highest BCUT2D eigenvalue weighted by molar-refractivity contribution is 5.77. The number of carboxylic acids is 1. The lowest BCUT2D eigenvalue weighted by molar-refractivity contribution is -0.136. The minimum absolute atomic E-state index is 0.00930. The van der Waals surface area contributed by atoms with Crippen LogP contribution in [0.4, 0.5) is 4.79 Å². The molecule has 7 heteroatoms. The minimum Gasteiger partial charge on any atom is -0.494 e. The Bertz CT molecular complexity index is 1230. The summed E-state index contributed by atoms with van der Waals surface area (Å²) in [5.74, 6) is 0.980. The Labute approximate surface area is 218 Å². The standard InChI is InChI=1S/C30H35NO6/c1-5-12-35-26-10-8-24(20(3)13-26)18-36-30(34)31-17-25-16-23(9-11-28(25)37-21(31)4)27-14-22(15-29(32)33)7-6-19(27)2/h7-11,13-14,16,19,21H,5-6,12,15,17-18H2,1-4H3,(H,32,33). The van der Waals surface area contributed by atoms with Crippen LogP contribution in [-0.4, -0.2) is 34.9 Å². The number of aliphatic carboxylic acids is 1. The van der Waals surface area contributed by atoms with E-state index in [1.807, 2.05) is 62.4 Å². The number of rotatable bonds is 8. The van der Waals surface area contributed by atoms with Crippen LogP contribution in [-0.2, 0) is 22.7 Å². The molecule has 2 unspecified atom stereocenters. The lowest BCUT2D eigenvalue weighted by atomic mass is 9.84. The van der Waals surface area contributed by atoms with Gasteiger partial charge >= 0.3 is 12.1 Å². The highest BCUT2D eigenvalue weighted by Crippen LogP contribution is 2.37. The zero-order chi connectivity index (χ0) is 26.5. The third-order valence-corrected chi connectivity index (χ3v) is 6.80. The Balaban J connectivity index is 1.45. The summed E-state index contributed by atoms with van der Waals surface area (Å²) >= 11 is 0. The number of carbonyl (C=O) groups is 2. The second kappa shape index (κ2) is 11.5. The molecule has 1 N–H and O–H groups in total. The first-order valence-electron chi connectivity index (χ1n) is 12.8. The first-order valence-corrected chi connectivity index (χ1v) is 12.8. The zero-order valence-electron chi connectivity index (χ0n) is 22.0. The van der Waals surface area contributed by atoms with Crippen LogP contribution in [0, 0.1) is 12.8 Å². The molecule has 1 aliphatic heterocycles. The number of allylic oxidation sites excluding steroid dienone is 3. The number of nitrogens with zero attached hydrogens (tertiary/aromatic N) is 1. The van der Waals surface area contributed by atoms with Crippen LogP contribution in [0.5, 0.6) is 11.5 Å². The molecule has 196 valence electrons. The van der Waals surface area contributed by atoms with Gasteiger partial charge in [-0.3, -0.25) is 9.69 Å². The number of amides is 1. The van der Waals surface area contributed by atoms with Gasteiger partial charge in [0.2, 0.25) is 0 Å². The van der Waals surface area contributed by atoms with Crippen LogP contribution in [0.15, 0.2) is 54.1 Å². The SMILES string of the molecule is CCCOc1ccc(COC(=O)N2Cc3cc(C4=CC(CC(=O)O)=CCC4C)ccc3OC2C)c(C)c1. The van der Waals surface area contributed by atoms with Gasteiger partial charge in [0.05, 0.1) is 19.6 Å². The van der Waals surface area contributed by atoms with Gasteiger partial charge in [-0.2, -0.15) is 0 Å². The molecule has 0 fully saturated rings. The molecule has 0 bridgehead atoms. The number of fused-ring (bicyclic) bond motifs is 1. The van der Waals surface area contributed by atoms with Crippen molar-refractivity contribution < 1.29 is 28.9 Å². The summed E-state index contributed by atoms with van der Waals surface area (Å²) in [6.45, 7) is 9.20. The van der Waals surface area contributed by atoms with Gasteiger partial charge in [0.25, 0.3) is 0 Å². The number of hydrogen-bond acceptors (Lipinski definition) is 5. The first kappa shape index (κ1) is 26.3. The Morgan fingerprint density at radius 1 is 1.16 bits per heavy atom. The fraction of sp³-hybridized carbons (Fsp3) is 0.400. The van der Waals surface area contributed by atoms with E-state index in [1.165, 1.54) is 0 Å². The molecule has 0 saturated carbocycles. The van der Waals surface area contributed by atoms with Crippen molar-refractivity contribution in [3.8, 4) is 11.5 Å². The van der Waals surface area contributed by atoms with Gasteiger partial charge in [0.1, 0.15) is 18.1 Å². The topological polar surface area (TPSA) is 85.3 Å². The smallest absolute Gasteiger partial charge is 0.413 e. The van der Waals surface area contributed by atoms with Crippen molar-refractivity contribution >= 4 is 17.6 Å². The second-order valence-corrected chi connectivity index (χ2v) is 9.74. The molecular formula is C30H35NO6. The average Bonchev–Trinajstić information content (AvgIpc) is 2.87. The van der Waals surface area contributed by atoms with E-state index in [-0.39, 0.29) is 18.9 Å². The Morgan fingerprint density at radius 2 is 1.97 bits per heavy atom. The van der Waals surface area contributed by atoms with Crippen LogP contribution in [0.2, 0.25) is 0 Å². The van der Waals surface area contributed by atoms with E-state index < -0.39 is 18.3 Å². The third-order valence-electron chi connectivity index (χ3n) is 6.80. The van der Waals surface area contributed by atoms with Crippen molar-refractivity contribution in [1.82, 2.24) is 4.90 Å². The summed E-state index contributed by atoms with van der Waals surface area (Å²) in [6, 6.07) is 11.7. The molecule has 7 nitrogen and oxygen atoms in total. The van der Waals surface area contributed by atoms with E-state index in [9.17, 15) is 14.7 Å². The molecule has 2 atom stereocenters. The van der Waals surface area contributed by atoms with Crippen molar-refractivity contribution in [2.24, 2.45) is 5.92 Å². The average molecular weight is 506 g/mol. The molecule has 37 heavy (non-hydrogen) atoms. The van der Waals surface area contributed by atoms with Crippen molar-refractivity contribution in [2.45, 2.75) is 66.3 Å². The third kappa shape index (κ3) is 6.34. The van der Waals surface area contributed by atoms with Crippen LogP contribution < -0.4 is 9.47 Å². The molecule has 0 aromatic heterocycles. The van der Waals surface area contributed by atoms with Gasteiger partial charge in [-0.05, 0) is 84.7 Å². The molecule has 4 rings (SSSR count). The summed E-state index contributed by atoms with van der Waals surface area (Å²) in [7, 11) is 0. The normalized spacial score (nSPS) is 18.8. The second-order valence-electron chi connectivity index (χ2n) is 9.74. The first-order chi connectivity index (χ1) is 17.7. The predicted octanol–water partition coefficient (Wildman–Crippen LogP) is 6.49. The van der Waals surface area contributed by atoms with Crippen LogP contribution in [0.3, 0.4) is 0 Å². The molecule has 2 aromatic carbocycles. The molecule has 2 aliphatic rings. The maximum atomic E-state index is 13.0. The Hall–Kier alpha value is -3.74. The summed E-state index contributed by atoms with van der Waals surface area (Å²) in [5.41, 5.74) is 5.74. The molecular weight excluding hydrogens is 470 g/mol. The van der Waals surface area contributed by atoms with E-state index in [2.05, 4.69) is 13.8 Å². The van der Waals surface area contributed by atoms with Crippen molar-refractivity contribution in [3.05, 3.63) is 76.4 Å². The Morgan fingerprint density at radius 3 is 2.70 bits per heavy atom. The fourth-order valence-electron chi connectivity index (χ4n) is 4.65. The number of hydrogen-bond donors (Lipinski definition) is 1. The van der Waals surface area contributed by atoms with Crippen molar-refractivity contribution in [3.63, 3.8) is 0 Å². The summed E-state index contributed by atoms with van der Waals surface area (Å²) in [6.07, 6.45) is 4.82. The number of carbonyl (C=O) groups excluding carboxylic acids is 1. The molecule has 1 aliphatic carbocycles. The van der Waals surface area contributed by atoms with Crippen LogP contribution >= 0.6 is 0 Å². The minimum atomic E-state index is -0.839. The highest BCUT2D eigenvalue weighted by atomic mass is 16.6. The molecule has 0 saturated heterocycles. The van der Waals surface area contributed by atoms with Crippen LogP contribution in [0.1, 0.15) is 62.3 Å². The summed E-state index contributed by atoms with van der Waals surface area (Å²) in [4.78, 5) is 25.8. The van der Waals surface area contributed by atoms with E-state index in [4.69, 9.17) is 14.2 Å². The molecule has 2 aromatic rings. The van der Waals surface area contributed by atoms with Gasteiger partial charge in [-0.15, -0.1) is 0 Å². The summed E-state index contributed by atoms with van der Waals surface area (Å²) < 4.78 is 17.4. The number of ether oxygens (including phenoxy) is 3. The van der Waals surface area contributed by atoms with E-state index in [0.717, 1.165) is 57.7 Å². The van der Waals surface area contributed by atoms with Crippen molar-refractivity contribution in [2.75, 3.05) is 6.61 Å². The molecule has 1 amide bonds. The maximum Gasteiger partial charge on any atom is 0.413 e.